The van der Waals surface area contributed by atoms with Crippen LogP contribution in [0.3, 0.4) is 0 Å². The predicted molar refractivity (Wildman–Crippen MR) is 81.7 cm³/mol. The van der Waals surface area contributed by atoms with Gasteiger partial charge in [-0.2, -0.15) is 0 Å². The first-order chi connectivity index (χ1) is 9.70. The molecule has 0 bridgehead atoms. The van der Waals surface area contributed by atoms with Crippen molar-refractivity contribution in [2.75, 3.05) is 25.4 Å². The van der Waals surface area contributed by atoms with Gasteiger partial charge in [0, 0.05) is 29.4 Å². The lowest BCUT2D eigenvalue weighted by Gasteiger charge is -2.32. The third kappa shape index (κ3) is 3.17. The van der Waals surface area contributed by atoms with E-state index in [4.69, 9.17) is 10.5 Å². The lowest BCUT2D eigenvalue weighted by molar-refractivity contribution is -0.0346. The van der Waals surface area contributed by atoms with Crippen molar-refractivity contribution in [2.45, 2.75) is 19.6 Å². The summed E-state index contributed by atoms with van der Waals surface area (Å²) in [5.74, 6) is 0.553. The van der Waals surface area contributed by atoms with Crippen molar-refractivity contribution in [3.05, 3.63) is 45.8 Å². The molecule has 1 fully saturated rings. The van der Waals surface area contributed by atoms with Crippen LogP contribution in [0.1, 0.15) is 21.6 Å². The Morgan fingerprint density at radius 2 is 2.30 bits per heavy atom. The number of thiophene rings is 1. The van der Waals surface area contributed by atoms with Crippen LogP contribution in [-0.4, -0.2) is 29.6 Å². The first kappa shape index (κ1) is 13.5. The summed E-state index contributed by atoms with van der Waals surface area (Å²) in [5.41, 5.74) is 6.68. The molecule has 0 spiro atoms. The van der Waals surface area contributed by atoms with Crippen molar-refractivity contribution in [3.8, 4) is 0 Å². The average molecular weight is 289 g/mol. The smallest absolute Gasteiger partial charge is 0.123 e. The van der Waals surface area contributed by atoms with Gasteiger partial charge in [0.15, 0.2) is 0 Å². The quantitative estimate of drug-likeness (QED) is 0.943. The van der Waals surface area contributed by atoms with Gasteiger partial charge in [-0.05, 0) is 31.2 Å². The zero-order valence-corrected chi connectivity index (χ0v) is 12.4. The Morgan fingerprint density at radius 3 is 3.05 bits per heavy atom. The minimum absolute atomic E-state index is 0.0216. The normalized spacial score (nSPS) is 20.1. The number of hydrogen-bond donors (Lipinski definition) is 1. The molecule has 20 heavy (non-hydrogen) atoms. The van der Waals surface area contributed by atoms with Gasteiger partial charge in [0.05, 0.1) is 12.3 Å². The fourth-order valence-electron chi connectivity index (χ4n) is 2.46. The Labute approximate surface area is 123 Å². The van der Waals surface area contributed by atoms with Gasteiger partial charge in [-0.15, -0.1) is 11.3 Å². The molecule has 1 aliphatic heterocycles. The highest BCUT2D eigenvalue weighted by Crippen LogP contribution is 2.24. The standard InChI is InChI=1S/C15H19N3OS/c1-11-5-6-12(20-11)9-18-7-8-19-14(10-18)13-3-2-4-15(16)17-13/h2-6,14H,7-10H2,1H3,(H2,16,17). The molecular formula is C15H19N3OS. The first-order valence-corrected chi connectivity index (χ1v) is 7.64. The Bertz CT molecular complexity index is 584. The van der Waals surface area contributed by atoms with E-state index in [1.54, 1.807) is 6.07 Å². The van der Waals surface area contributed by atoms with Crippen molar-refractivity contribution in [3.63, 3.8) is 0 Å². The molecule has 2 N–H and O–H groups in total. The summed E-state index contributed by atoms with van der Waals surface area (Å²) in [4.78, 5) is 9.56. The fraction of sp³-hybridized carbons (Fsp3) is 0.400. The van der Waals surface area contributed by atoms with E-state index < -0.39 is 0 Å². The maximum absolute atomic E-state index is 5.84. The summed E-state index contributed by atoms with van der Waals surface area (Å²) >= 11 is 1.86. The van der Waals surface area contributed by atoms with E-state index in [1.165, 1.54) is 9.75 Å². The second kappa shape index (κ2) is 5.91. The molecule has 2 aromatic heterocycles. The van der Waals surface area contributed by atoms with Crippen LogP contribution in [0.2, 0.25) is 0 Å². The van der Waals surface area contributed by atoms with Gasteiger partial charge >= 0.3 is 0 Å². The molecule has 106 valence electrons. The third-order valence-corrected chi connectivity index (χ3v) is 4.43. The van der Waals surface area contributed by atoms with Crippen LogP contribution in [0.4, 0.5) is 5.82 Å². The average Bonchev–Trinajstić information content (AvgIpc) is 2.84. The van der Waals surface area contributed by atoms with E-state index >= 15 is 0 Å². The first-order valence-electron chi connectivity index (χ1n) is 6.82. The molecule has 3 heterocycles. The molecule has 0 aliphatic carbocycles. The van der Waals surface area contributed by atoms with Crippen LogP contribution in [-0.2, 0) is 11.3 Å². The van der Waals surface area contributed by atoms with Crippen molar-refractivity contribution in [1.29, 1.82) is 0 Å². The van der Waals surface area contributed by atoms with E-state index in [2.05, 4.69) is 28.9 Å². The monoisotopic (exact) mass is 289 g/mol. The van der Waals surface area contributed by atoms with Crippen LogP contribution in [0, 0.1) is 6.92 Å². The van der Waals surface area contributed by atoms with Gasteiger partial charge < -0.3 is 10.5 Å². The van der Waals surface area contributed by atoms with Gasteiger partial charge in [-0.25, -0.2) is 4.98 Å². The molecule has 4 nitrogen and oxygen atoms in total. The zero-order chi connectivity index (χ0) is 13.9. The van der Waals surface area contributed by atoms with E-state index in [0.717, 1.165) is 31.9 Å². The van der Waals surface area contributed by atoms with Gasteiger partial charge in [-0.3, -0.25) is 4.90 Å². The number of morpholine rings is 1. The lowest BCUT2D eigenvalue weighted by atomic mass is 10.2. The van der Waals surface area contributed by atoms with Gasteiger partial charge in [0.2, 0.25) is 0 Å². The molecule has 0 radical (unpaired) electrons. The molecule has 0 aromatic carbocycles. The summed E-state index contributed by atoms with van der Waals surface area (Å²) in [7, 11) is 0. The number of hydrogen-bond acceptors (Lipinski definition) is 5. The van der Waals surface area contributed by atoms with Crippen LogP contribution < -0.4 is 5.73 Å². The Morgan fingerprint density at radius 1 is 1.40 bits per heavy atom. The summed E-state index contributed by atoms with van der Waals surface area (Å²) in [6.45, 7) is 5.71. The maximum atomic E-state index is 5.84. The van der Waals surface area contributed by atoms with Crippen LogP contribution in [0.5, 0.6) is 0 Å². The topological polar surface area (TPSA) is 51.4 Å². The van der Waals surface area contributed by atoms with E-state index in [1.807, 2.05) is 23.5 Å². The molecular weight excluding hydrogens is 270 g/mol. The molecule has 0 amide bonds. The number of rotatable bonds is 3. The van der Waals surface area contributed by atoms with Gasteiger partial charge in [0.25, 0.3) is 0 Å². The molecule has 1 atom stereocenters. The van der Waals surface area contributed by atoms with Gasteiger partial charge in [0.1, 0.15) is 11.9 Å². The SMILES string of the molecule is Cc1ccc(CN2CCOC(c3cccc(N)n3)C2)s1. The summed E-state index contributed by atoms with van der Waals surface area (Å²) in [6, 6.07) is 10.1. The van der Waals surface area contributed by atoms with Crippen molar-refractivity contribution in [1.82, 2.24) is 9.88 Å². The number of nitrogens with two attached hydrogens (primary N) is 1. The maximum Gasteiger partial charge on any atom is 0.123 e. The molecule has 2 aromatic rings. The van der Waals surface area contributed by atoms with Crippen molar-refractivity contribution < 1.29 is 4.74 Å². The summed E-state index contributed by atoms with van der Waals surface area (Å²) in [6.07, 6.45) is 0.0216. The summed E-state index contributed by atoms with van der Waals surface area (Å²) < 4.78 is 5.84. The number of aromatic nitrogens is 1. The Balaban J connectivity index is 1.67. The fourth-order valence-corrected chi connectivity index (χ4v) is 3.40. The van der Waals surface area contributed by atoms with Crippen LogP contribution in [0.15, 0.2) is 30.3 Å². The highest BCUT2D eigenvalue weighted by atomic mass is 32.1. The molecule has 1 aliphatic rings. The number of nitrogens with zero attached hydrogens (tertiary/aromatic N) is 2. The number of pyridine rings is 1. The molecule has 1 unspecified atom stereocenters. The highest BCUT2D eigenvalue weighted by Gasteiger charge is 2.23. The number of ether oxygens (including phenoxy) is 1. The minimum atomic E-state index is 0.0216. The van der Waals surface area contributed by atoms with Gasteiger partial charge in [-0.1, -0.05) is 6.07 Å². The zero-order valence-electron chi connectivity index (χ0n) is 11.6. The van der Waals surface area contributed by atoms with Crippen molar-refractivity contribution >= 4 is 17.2 Å². The lowest BCUT2D eigenvalue weighted by Crippen LogP contribution is -2.37. The minimum Gasteiger partial charge on any atom is -0.384 e. The third-order valence-electron chi connectivity index (χ3n) is 3.45. The highest BCUT2D eigenvalue weighted by molar-refractivity contribution is 7.11. The van der Waals surface area contributed by atoms with Crippen LogP contribution in [0.25, 0.3) is 0 Å². The molecule has 0 saturated carbocycles. The van der Waals surface area contributed by atoms with E-state index in [-0.39, 0.29) is 6.10 Å². The Kier molecular flexibility index (Phi) is 4.00. The predicted octanol–water partition coefficient (Wildman–Crippen LogP) is 2.61. The number of aryl methyl sites for hydroxylation is 1. The van der Waals surface area contributed by atoms with Crippen LogP contribution >= 0.6 is 11.3 Å². The second-order valence-corrected chi connectivity index (χ2v) is 6.47. The molecule has 3 rings (SSSR count). The summed E-state index contributed by atoms with van der Waals surface area (Å²) in [5, 5.41) is 0. The number of nitrogen functional groups attached to an aromatic ring is 1. The largest absolute Gasteiger partial charge is 0.384 e. The van der Waals surface area contributed by atoms with Crippen molar-refractivity contribution in [2.24, 2.45) is 0 Å². The van der Waals surface area contributed by atoms with E-state index in [0.29, 0.717) is 5.82 Å². The second-order valence-electron chi connectivity index (χ2n) is 5.09. The molecule has 5 heteroatoms. The Hall–Kier alpha value is -1.43. The molecule has 1 saturated heterocycles. The number of anilines is 1. The van der Waals surface area contributed by atoms with E-state index in [9.17, 15) is 0 Å².